The molecular weight excluding hydrogens is 349 g/mol. The van der Waals surface area contributed by atoms with Crippen LogP contribution in [0.5, 0.6) is 0 Å². The van der Waals surface area contributed by atoms with E-state index in [-0.39, 0.29) is 29.9 Å². The van der Waals surface area contributed by atoms with Crippen LogP contribution in [0, 0.1) is 5.82 Å². The summed E-state index contributed by atoms with van der Waals surface area (Å²) in [4.78, 5) is 13.7. The molecule has 0 unspecified atom stereocenters. The summed E-state index contributed by atoms with van der Waals surface area (Å²) in [6, 6.07) is 4.99. The molecule has 0 bridgehead atoms. The third-order valence-electron chi connectivity index (χ3n) is 4.26. The number of piperazine rings is 1. The van der Waals surface area contributed by atoms with Gasteiger partial charge >= 0.3 is 0 Å². The third kappa shape index (κ3) is 4.75. The molecule has 0 aromatic heterocycles. The highest BCUT2D eigenvalue weighted by Gasteiger charge is 2.32. The molecule has 1 aromatic rings. The number of hydrogen-bond donors (Lipinski definition) is 1. The third-order valence-corrected chi connectivity index (χ3v) is 6.19. The second kappa shape index (κ2) is 8.70. The topological polar surface area (TPSA) is 79.0 Å². The van der Waals surface area contributed by atoms with Gasteiger partial charge in [-0.25, -0.2) is 12.8 Å². The Labute approximate surface area is 147 Å². The highest BCUT2D eigenvalue weighted by atomic mass is 32.2. The van der Waals surface area contributed by atoms with Crippen LogP contribution in [0.1, 0.15) is 6.92 Å². The van der Waals surface area contributed by atoms with E-state index in [4.69, 9.17) is 4.74 Å². The molecule has 0 radical (unpaired) electrons. The van der Waals surface area contributed by atoms with Crippen LogP contribution >= 0.6 is 0 Å². The van der Waals surface area contributed by atoms with Crippen molar-refractivity contribution in [2.24, 2.45) is 0 Å². The molecule has 7 nitrogen and oxygen atoms in total. The quantitative estimate of drug-likeness (QED) is 0.695. The Morgan fingerprint density at radius 2 is 1.92 bits per heavy atom. The van der Waals surface area contributed by atoms with Crippen LogP contribution < -0.4 is 5.32 Å². The highest BCUT2D eigenvalue weighted by molar-refractivity contribution is 7.89. The minimum absolute atomic E-state index is 0.123. The standard InChI is InChI=1S/C16H24FN3O4S/c1-13(16(21)18-7-12-24-2)19-8-10-20(11-9-19)25(22,23)15-6-4-3-5-14(15)17/h3-6,13H,7-12H2,1-2H3,(H,18,21)/t13-/m0/s1. The van der Waals surface area contributed by atoms with Crippen LogP contribution in [0.2, 0.25) is 0 Å². The van der Waals surface area contributed by atoms with Gasteiger partial charge in [0.05, 0.1) is 12.6 Å². The van der Waals surface area contributed by atoms with Gasteiger partial charge in [0.1, 0.15) is 10.7 Å². The largest absolute Gasteiger partial charge is 0.383 e. The lowest BCUT2D eigenvalue weighted by atomic mass is 10.2. The first-order chi connectivity index (χ1) is 11.9. The molecule has 0 spiro atoms. The first kappa shape index (κ1) is 19.8. The fourth-order valence-electron chi connectivity index (χ4n) is 2.71. The highest BCUT2D eigenvalue weighted by Crippen LogP contribution is 2.20. The normalized spacial score (nSPS) is 18.0. The molecule has 1 heterocycles. The maximum absolute atomic E-state index is 13.8. The predicted octanol–water partition coefficient (Wildman–Crippen LogP) is 0.283. The second-order valence-electron chi connectivity index (χ2n) is 5.83. The number of nitrogens with one attached hydrogen (secondary N) is 1. The molecule has 1 atom stereocenters. The zero-order chi connectivity index (χ0) is 18.4. The molecule has 1 amide bonds. The van der Waals surface area contributed by atoms with Gasteiger partial charge < -0.3 is 10.1 Å². The first-order valence-electron chi connectivity index (χ1n) is 8.13. The van der Waals surface area contributed by atoms with Crippen molar-refractivity contribution in [3.63, 3.8) is 0 Å². The van der Waals surface area contributed by atoms with Crippen LogP contribution in [-0.2, 0) is 19.6 Å². The number of ether oxygens (including phenoxy) is 1. The van der Waals surface area contributed by atoms with Gasteiger partial charge in [-0.3, -0.25) is 9.69 Å². The number of amides is 1. The maximum atomic E-state index is 13.8. The molecule has 1 aromatic carbocycles. The smallest absolute Gasteiger partial charge is 0.246 e. The fraction of sp³-hybridized carbons (Fsp3) is 0.562. The number of hydrogen-bond acceptors (Lipinski definition) is 5. The summed E-state index contributed by atoms with van der Waals surface area (Å²) in [5.74, 6) is -0.877. The Morgan fingerprint density at radius 3 is 2.52 bits per heavy atom. The molecule has 25 heavy (non-hydrogen) atoms. The average molecular weight is 373 g/mol. The van der Waals surface area contributed by atoms with Crippen molar-refractivity contribution < 1.29 is 22.3 Å². The lowest BCUT2D eigenvalue weighted by Crippen LogP contribution is -2.55. The Morgan fingerprint density at radius 1 is 1.28 bits per heavy atom. The van der Waals surface area contributed by atoms with E-state index in [9.17, 15) is 17.6 Å². The number of sulfonamides is 1. The number of carbonyl (C=O) groups is 1. The summed E-state index contributed by atoms with van der Waals surface area (Å²) >= 11 is 0. The first-order valence-corrected chi connectivity index (χ1v) is 9.57. The van der Waals surface area contributed by atoms with Crippen LogP contribution in [-0.4, -0.2) is 76.0 Å². The van der Waals surface area contributed by atoms with E-state index in [0.717, 1.165) is 6.07 Å². The molecule has 1 saturated heterocycles. The molecule has 140 valence electrons. The van der Waals surface area contributed by atoms with E-state index in [2.05, 4.69) is 5.32 Å². The van der Waals surface area contributed by atoms with Gasteiger partial charge in [-0.05, 0) is 19.1 Å². The minimum Gasteiger partial charge on any atom is -0.383 e. The summed E-state index contributed by atoms with van der Waals surface area (Å²) in [5.41, 5.74) is 0. The van der Waals surface area contributed by atoms with E-state index >= 15 is 0 Å². The summed E-state index contributed by atoms with van der Waals surface area (Å²) in [5, 5.41) is 2.77. The predicted molar refractivity (Wildman–Crippen MR) is 91.1 cm³/mol. The van der Waals surface area contributed by atoms with E-state index in [1.807, 2.05) is 4.90 Å². The van der Waals surface area contributed by atoms with Crippen molar-refractivity contribution in [2.45, 2.75) is 17.9 Å². The van der Waals surface area contributed by atoms with Crippen LogP contribution in [0.4, 0.5) is 4.39 Å². The van der Waals surface area contributed by atoms with Crippen LogP contribution in [0.3, 0.4) is 0 Å². The van der Waals surface area contributed by atoms with Gasteiger partial charge in [0.15, 0.2) is 0 Å². The molecule has 1 aliphatic rings. The van der Waals surface area contributed by atoms with Gasteiger partial charge in [0.25, 0.3) is 0 Å². The number of halogens is 1. The summed E-state index contributed by atoms with van der Waals surface area (Å²) in [6.07, 6.45) is 0. The Bertz CT molecular complexity index is 690. The molecule has 9 heteroatoms. The van der Waals surface area contributed by atoms with Crippen molar-refractivity contribution in [1.82, 2.24) is 14.5 Å². The number of methoxy groups -OCH3 is 1. The summed E-state index contributed by atoms with van der Waals surface area (Å²) < 4.78 is 45.1. The zero-order valence-corrected chi connectivity index (χ0v) is 15.3. The number of carbonyl (C=O) groups excluding carboxylic acids is 1. The van der Waals surface area contributed by atoms with E-state index < -0.39 is 15.8 Å². The number of rotatable bonds is 7. The van der Waals surface area contributed by atoms with E-state index in [1.165, 1.54) is 22.5 Å². The Hall–Kier alpha value is -1.55. The summed E-state index contributed by atoms with van der Waals surface area (Å²) in [7, 11) is -2.30. The number of nitrogens with zero attached hydrogens (tertiary/aromatic N) is 2. The lowest BCUT2D eigenvalue weighted by Gasteiger charge is -2.36. The van der Waals surface area contributed by atoms with E-state index in [1.54, 1.807) is 14.0 Å². The van der Waals surface area contributed by atoms with Crippen molar-refractivity contribution in [1.29, 1.82) is 0 Å². The molecule has 2 rings (SSSR count). The van der Waals surface area contributed by atoms with Gasteiger partial charge in [-0.1, -0.05) is 12.1 Å². The van der Waals surface area contributed by atoms with Crippen molar-refractivity contribution in [3.05, 3.63) is 30.1 Å². The molecule has 0 aliphatic carbocycles. The number of benzene rings is 1. The van der Waals surface area contributed by atoms with Gasteiger partial charge in [0, 0.05) is 39.8 Å². The Balaban J connectivity index is 1.95. The second-order valence-corrected chi connectivity index (χ2v) is 7.74. The average Bonchev–Trinajstić information content (AvgIpc) is 2.61. The molecular formula is C16H24FN3O4S. The van der Waals surface area contributed by atoms with Crippen molar-refractivity contribution in [3.8, 4) is 0 Å². The molecule has 1 N–H and O–H groups in total. The molecule has 0 saturated carbocycles. The SMILES string of the molecule is COCCNC(=O)[C@H](C)N1CCN(S(=O)(=O)c2ccccc2F)CC1. The van der Waals surface area contributed by atoms with Gasteiger partial charge in [-0.15, -0.1) is 0 Å². The minimum atomic E-state index is -3.87. The summed E-state index contributed by atoms with van der Waals surface area (Å²) in [6.45, 7) is 3.90. The van der Waals surface area contributed by atoms with Gasteiger partial charge in [-0.2, -0.15) is 4.31 Å². The van der Waals surface area contributed by atoms with Crippen LogP contribution in [0.25, 0.3) is 0 Å². The fourth-order valence-corrected chi connectivity index (χ4v) is 4.20. The maximum Gasteiger partial charge on any atom is 0.246 e. The monoisotopic (exact) mass is 373 g/mol. The molecule has 1 fully saturated rings. The molecule has 1 aliphatic heterocycles. The lowest BCUT2D eigenvalue weighted by molar-refractivity contribution is -0.126. The van der Waals surface area contributed by atoms with Crippen molar-refractivity contribution >= 4 is 15.9 Å². The van der Waals surface area contributed by atoms with Gasteiger partial charge in [0.2, 0.25) is 15.9 Å². The van der Waals surface area contributed by atoms with Crippen LogP contribution in [0.15, 0.2) is 29.2 Å². The zero-order valence-electron chi connectivity index (χ0n) is 14.4. The Kier molecular flexibility index (Phi) is 6.88. The van der Waals surface area contributed by atoms with E-state index in [0.29, 0.717) is 26.2 Å². The van der Waals surface area contributed by atoms with Crippen molar-refractivity contribution in [2.75, 3.05) is 46.4 Å².